The van der Waals surface area contributed by atoms with Gasteiger partial charge in [0.1, 0.15) is 6.54 Å². The highest BCUT2D eigenvalue weighted by atomic mass is 19.4. The van der Waals surface area contributed by atoms with Gasteiger partial charge in [0.25, 0.3) is 5.91 Å². The topological polar surface area (TPSA) is 67.1 Å². The molecule has 2 N–H and O–H groups in total. The zero-order valence-electron chi connectivity index (χ0n) is 19.1. The molecule has 0 unspecified atom stereocenters. The number of aromatic nitrogens is 3. The standard InChI is InChI=1S/C24H27F3N6O/c1-31-11-8-18(9-12-31)30-21-6-3-7-22-20(21)13-19(33(22)16-24(25,26)27)5-4-10-28-23(34)17-14-29-32(2)15-17/h3,6-7,13-15,18,30H,8-12,16H2,1-2H3,(H,28,34). The first-order valence-corrected chi connectivity index (χ1v) is 11.1. The van der Waals surface area contributed by atoms with Crippen molar-refractivity contribution in [1.29, 1.82) is 0 Å². The van der Waals surface area contributed by atoms with Crippen LogP contribution >= 0.6 is 0 Å². The van der Waals surface area contributed by atoms with E-state index in [0.717, 1.165) is 31.6 Å². The number of nitrogens with zero attached hydrogens (tertiary/aromatic N) is 4. The molecule has 0 bridgehead atoms. The second kappa shape index (κ2) is 9.81. The van der Waals surface area contributed by atoms with Crippen LogP contribution in [0.3, 0.4) is 0 Å². The number of piperidine rings is 1. The van der Waals surface area contributed by atoms with Gasteiger partial charge in [-0.3, -0.25) is 9.48 Å². The molecule has 0 saturated carbocycles. The van der Waals surface area contributed by atoms with Crippen molar-refractivity contribution in [3.05, 3.63) is 47.9 Å². The molecule has 1 saturated heterocycles. The number of likely N-dealkylation sites (tertiary alicyclic amines) is 1. The molecule has 4 rings (SSSR count). The molecule has 0 atom stereocenters. The van der Waals surface area contributed by atoms with Crippen LogP contribution in [0.1, 0.15) is 28.9 Å². The van der Waals surface area contributed by atoms with Crippen LogP contribution in [0.5, 0.6) is 0 Å². The summed E-state index contributed by atoms with van der Waals surface area (Å²) < 4.78 is 42.8. The fourth-order valence-corrected chi connectivity index (χ4v) is 4.14. The molecule has 34 heavy (non-hydrogen) atoms. The molecule has 0 spiro atoms. The zero-order chi connectivity index (χ0) is 24.3. The van der Waals surface area contributed by atoms with E-state index in [-0.39, 0.29) is 24.2 Å². The largest absolute Gasteiger partial charge is 0.406 e. The second-order valence-corrected chi connectivity index (χ2v) is 8.58. The van der Waals surface area contributed by atoms with E-state index in [0.29, 0.717) is 16.5 Å². The van der Waals surface area contributed by atoms with Crippen molar-refractivity contribution >= 4 is 22.5 Å². The van der Waals surface area contributed by atoms with Gasteiger partial charge in [0.05, 0.1) is 29.5 Å². The van der Waals surface area contributed by atoms with Crippen molar-refractivity contribution in [2.75, 3.05) is 32.0 Å². The van der Waals surface area contributed by atoms with Crippen LogP contribution in [0, 0.1) is 11.8 Å². The maximum atomic E-state index is 13.4. The number of halogens is 3. The number of fused-ring (bicyclic) bond motifs is 1. The molecule has 1 aromatic carbocycles. The van der Waals surface area contributed by atoms with Gasteiger partial charge < -0.3 is 20.1 Å². The van der Waals surface area contributed by atoms with E-state index < -0.39 is 12.7 Å². The molecule has 1 amide bonds. The average molecular weight is 473 g/mol. The highest BCUT2D eigenvalue weighted by molar-refractivity contribution is 5.94. The van der Waals surface area contributed by atoms with Crippen molar-refractivity contribution in [3.8, 4) is 11.8 Å². The van der Waals surface area contributed by atoms with Gasteiger partial charge in [-0.25, -0.2) is 0 Å². The van der Waals surface area contributed by atoms with Gasteiger partial charge in [0.2, 0.25) is 0 Å². The predicted molar refractivity (Wildman–Crippen MR) is 125 cm³/mol. The molecule has 3 heterocycles. The third-order valence-electron chi connectivity index (χ3n) is 5.88. The minimum absolute atomic E-state index is 0.00195. The molecule has 0 aliphatic carbocycles. The Morgan fingerprint density at radius 3 is 2.68 bits per heavy atom. The lowest BCUT2D eigenvalue weighted by Gasteiger charge is -2.30. The third kappa shape index (κ3) is 5.72. The Hall–Kier alpha value is -3.45. The normalized spacial score (nSPS) is 15.2. The number of anilines is 1. The van der Waals surface area contributed by atoms with Crippen LogP contribution in [0.4, 0.5) is 18.9 Å². The smallest absolute Gasteiger partial charge is 0.382 e. The van der Waals surface area contributed by atoms with E-state index in [9.17, 15) is 18.0 Å². The summed E-state index contributed by atoms with van der Waals surface area (Å²) in [6.07, 6.45) is 0.554. The number of alkyl halides is 3. The van der Waals surface area contributed by atoms with E-state index in [2.05, 4.69) is 39.5 Å². The lowest BCUT2D eigenvalue weighted by molar-refractivity contribution is -0.140. The van der Waals surface area contributed by atoms with Crippen molar-refractivity contribution < 1.29 is 18.0 Å². The quantitative estimate of drug-likeness (QED) is 0.560. The Morgan fingerprint density at radius 1 is 1.24 bits per heavy atom. The van der Waals surface area contributed by atoms with Gasteiger partial charge in [0, 0.05) is 30.4 Å². The molecular weight excluding hydrogens is 445 g/mol. The summed E-state index contributed by atoms with van der Waals surface area (Å²) in [6.45, 7) is 0.816. The van der Waals surface area contributed by atoms with Crippen molar-refractivity contribution in [2.45, 2.75) is 31.6 Å². The van der Waals surface area contributed by atoms with E-state index in [4.69, 9.17) is 0 Å². The fourth-order valence-electron chi connectivity index (χ4n) is 4.14. The minimum Gasteiger partial charge on any atom is -0.382 e. The Morgan fingerprint density at radius 2 is 2.00 bits per heavy atom. The van der Waals surface area contributed by atoms with Crippen LogP contribution in [0.15, 0.2) is 36.7 Å². The summed E-state index contributed by atoms with van der Waals surface area (Å²) in [4.78, 5) is 14.4. The van der Waals surface area contributed by atoms with Gasteiger partial charge in [-0.2, -0.15) is 18.3 Å². The molecule has 1 aliphatic heterocycles. The van der Waals surface area contributed by atoms with Crippen molar-refractivity contribution in [2.24, 2.45) is 7.05 Å². The van der Waals surface area contributed by atoms with Gasteiger partial charge in [0.15, 0.2) is 0 Å². The Kier molecular flexibility index (Phi) is 6.84. The van der Waals surface area contributed by atoms with Crippen LogP contribution in [-0.2, 0) is 13.6 Å². The summed E-state index contributed by atoms with van der Waals surface area (Å²) in [7, 11) is 3.78. The molecule has 180 valence electrons. The number of aryl methyl sites for hydroxylation is 1. The van der Waals surface area contributed by atoms with Crippen LogP contribution in [-0.4, -0.2) is 64.1 Å². The highest BCUT2D eigenvalue weighted by Crippen LogP contribution is 2.31. The van der Waals surface area contributed by atoms with Gasteiger partial charge in [-0.1, -0.05) is 12.0 Å². The fraction of sp³-hybridized carbons (Fsp3) is 0.417. The molecule has 0 radical (unpaired) electrons. The van der Waals surface area contributed by atoms with E-state index in [1.54, 1.807) is 31.4 Å². The zero-order valence-corrected chi connectivity index (χ0v) is 19.1. The average Bonchev–Trinajstić information content (AvgIpc) is 3.36. The number of hydrogen-bond donors (Lipinski definition) is 2. The maximum Gasteiger partial charge on any atom is 0.406 e. The van der Waals surface area contributed by atoms with E-state index in [1.165, 1.54) is 15.4 Å². The molecule has 3 aromatic rings. The van der Waals surface area contributed by atoms with Gasteiger partial charge >= 0.3 is 6.18 Å². The van der Waals surface area contributed by atoms with Gasteiger partial charge in [-0.15, -0.1) is 0 Å². The van der Waals surface area contributed by atoms with Crippen LogP contribution in [0.2, 0.25) is 0 Å². The minimum atomic E-state index is -4.39. The summed E-state index contributed by atoms with van der Waals surface area (Å²) in [5.41, 5.74) is 1.92. The van der Waals surface area contributed by atoms with E-state index in [1.807, 2.05) is 6.07 Å². The van der Waals surface area contributed by atoms with Gasteiger partial charge in [-0.05, 0) is 57.1 Å². The highest BCUT2D eigenvalue weighted by Gasteiger charge is 2.30. The lowest BCUT2D eigenvalue weighted by Crippen LogP contribution is -2.36. The SMILES string of the molecule is CN1CCC(Nc2cccc3c2cc(C#CCNC(=O)c2cnn(C)c2)n3CC(F)(F)F)CC1. The van der Waals surface area contributed by atoms with E-state index >= 15 is 0 Å². The number of carbonyl (C=O) groups is 1. The Bertz CT molecular complexity index is 1230. The number of rotatable bonds is 5. The molecular formula is C24H27F3N6O. The summed E-state index contributed by atoms with van der Waals surface area (Å²) in [5, 5.41) is 10.8. The number of benzene rings is 1. The second-order valence-electron chi connectivity index (χ2n) is 8.58. The Labute approximate surface area is 195 Å². The lowest BCUT2D eigenvalue weighted by atomic mass is 10.0. The number of nitrogens with one attached hydrogen (secondary N) is 2. The first-order chi connectivity index (χ1) is 16.2. The first kappa shape index (κ1) is 23.7. The molecule has 2 aromatic heterocycles. The number of carbonyl (C=O) groups excluding carboxylic acids is 1. The number of amides is 1. The summed E-state index contributed by atoms with van der Waals surface area (Å²) in [5.74, 6) is 5.25. The monoisotopic (exact) mass is 472 g/mol. The molecule has 1 fully saturated rings. The number of hydrogen-bond acceptors (Lipinski definition) is 4. The van der Waals surface area contributed by atoms with Crippen molar-refractivity contribution in [3.63, 3.8) is 0 Å². The summed E-state index contributed by atoms with van der Waals surface area (Å²) in [6, 6.07) is 7.29. The maximum absolute atomic E-state index is 13.4. The Balaban J connectivity index is 1.57. The third-order valence-corrected chi connectivity index (χ3v) is 5.88. The van der Waals surface area contributed by atoms with Crippen LogP contribution < -0.4 is 10.6 Å². The predicted octanol–water partition coefficient (Wildman–Crippen LogP) is 3.22. The molecule has 7 nitrogen and oxygen atoms in total. The van der Waals surface area contributed by atoms with Crippen LogP contribution in [0.25, 0.3) is 10.9 Å². The molecule has 1 aliphatic rings. The van der Waals surface area contributed by atoms with Crippen molar-refractivity contribution in [1.82, 2.24) is 24.6 Å². The molecule has 10 heteroatoms. The summed E-state index contributed by atoms with van der Waals surface area (Å²) >= 11 is 0. The first-order valence-electron chi connectivity index (χ1n) is 11.1.